The molecule has 1 aromatic carbocycles. The van der Waals surface area contributed by atoms with Crippen molar-refractivity contribution < 1.29 is 14.4 Å². The zero-order valence-electron chi connectivity index (χ0n) is 22.9. The van der Waals surface area contributed by atoms with Gasteiger partial charge in [-0.2, -0.15) is 5.10 Å². The fourth-order valence-corrected chi connectivity index (χ4v) is 5.65. The number of nitrogens with two attached hydrogens (primary N) is 1. The number of nitrogens with zero attached hydrogens (tertiary/aromatic N) is 4. The molecule has 210 valence electrons. The minimum atomic E-state index is 0.227. The fraction of sp³-hybridized carbons (Fsp3) is 0.483. The number of halogens is 1. The summed E-state index contributed by atoms with van der Waals surface area (Å²) in [6.45, 7) is 2.34. The number of likely N-dealkylation sites (N-methyl/N-ethyl adjacent to an activating group) is 1. The van der Waals surface area contributed by atoms with Gasteiger partial charge in [0, 0.05) is 18.5 Å². The monoisotopic (exact) mass is 554 g/mol. The quantitative estimate of drug-likeness (QED) is 0.355. The molecule has 2 saturated carbocycles. The number of hydrogen-bond donors (Lipinski definition) is 2. The minimum absolute atomic E-state index is 0.227. The van der Waals surface area contributed by atoms with Crippen LogP contribution in [0.15, 0.2) is 36.4 Å². The molecule has 6 rings (SSSR count). The Morgan fingerprint density at radius 1 is 1.13 bits per heavy atom. The van der Waals surface area contributed by atoms with Crippen molar-refractivity contribution in [3.8, 4) is 0 Å². The summed E-state index contributed by atoms with van der Waals surface area (Å²) in [7, 11) is 3.90. The van der Waals surface area contributed by atoms with Crippen molar-refractivity contribution in [2.75, 3.05) is 19.4 Å². The van der Waals surface area contributed by atoms with Crippen LogP contribution in [0, 0.1) is 12.8 Å². The number of anilines is 1. The highest BCUT2D eigenvalue weighted by molar-refractivity contribution is 6.29. The second kappa shape index (κ2) is 14.7. The van der Waals surface area contributed by atoms with Crippen molar-refractivity contribution in [1.29, 1.82) is 0 Å². The third-order valence-electron chi connectivity index (χ3n) is 7.59. The number of aldehydes is 2. The molecular formula is C29H39ClN6O3. The molecule has 3 atom stereocenters. The molecule has 9 nitrogen and oxygen atoms in total. The molecule has 3 aromatic rings. The van der Waals surface area contributed by atoms with Gasteiger partial charge in [-0.15, -0.1) is 0 Å². The van der Waals surface area contributed by atoms with E-state index in [2.05, 4.69) is 51.3 Å². The van der Waals surface area contributed by atoms with Crippen LogP contribution in [0.5, 0.6) is 0 Å². The number of aryl methyl sites for hydroxylation is 1. The van der Waals surface area contributed by atoms with Crippen LogP contribution < -0.4 is 11.1 Å². The predicted molar refractivity (Wildman–Crippen MR) is 155 cm³/mol. The van der Waals surface area contributed by atoms with Crippen molar-refractivity contribution in [3.05, 3.63) is 52.8 Å². The first-order chi connectivity index (χ1) is 18.9. The number of hydrogen-bond acceptors (Lipinski definition) is 7. The topological polar surface area (TPSA) is 123 Å². The Labute approximate surface area is 235 Å². The van der Waals surface area contributed by atoms with Gasteiger partial charge in [0.25, 0.3) is 0 Å². The van der Waals surface area contributed by atoms with E-state index in [1.165, 1.54) is 43.1 Å². The minimum Gasteiger partial charge on any atom is -0.373 e. The zero-order chi connectivity index (χ0) is 28.4. The fourth-order valence-electron chi connectivity index (χ4n) is 5.49. The van der Waals surface area contributed by atoms with Crippen LogP contribution in [-0.4, -0.2) is 64.8 Å². The van der Waals surface area contributed by atoms with E-state index < -0.39 is 0 Å². The van der Waals surface area contributed by atoms with Crippen molar-refractivity contribution in [1.82, 2.24) is 19.7 Å². The van der Waals surface area contributed by atoms with Gasteiger partial charge in [0.1, 0.15) is 23.5 Å². The number of benzene rings is 1. The predicted octanol–water partition coefficient (Wildman–Crippen LogP) is 4.36. The molecule has 1 amide bonds. The lowest BCUT2D eigenvalue weighted by Crippen LogP contribution is -2.32. The van der Waals surface area contributed by atoms with Crippen molar-refractivity contribution in [3.63, 3.8) is 0 Å². The summed E-state index contributed by atoms with van der Waals surface area (Å²) < 4.78 is 1.77. The molecule has 3 unspecified atom stereocenters. The molecule has 1 aliphatic heterocycles. The average molecular weight is 555 g/mol. The zero-order valence-corrected chi connectivity index (χ0v) is 23.7. The molecule has 3 heterocycles. The number of pyridine rings is 1. The number of nitrogens with one attached hydrogen (secondary N) is 1. The number of rotatable bonds is 5. The molecule has 0 radical (unpaired) electrons. The van der Waals surface area contributed by atoms with Gasteiger partial charge in [-0.05, 0) is 87.7 Å². The Bertz CT molecular complexity index is 1240. The summed E-state index contributed by atoms with van der Waals surface area (Å²) in [4.78, 5) is 36.0. The van der Waals surface area contributed by atoms with Gasteiger partial charge >= 0.3 is 0 Å². The third kappa shape index (κ3) is 8.10. The largest absolute Gasteiger partial charge is 0.373 e. The summed E-state index contributed by atoms with van der Waals surface area (Å²) in [6, 6.07) is 12.9. The van der Waals surface area contributed by atoms with Crippen LogP contribution in [0.25, 0.3) is 10.9 Å². The molecule has 2 aliphatic carbocycles. The number of carbonyl (C=O) groups is 3. The van der Waals surface area contributed by atoms with E-state index >= 15 is 0 Å². The summed E-state index contributed by atoms with van der Waals surface area (Å²) in [5.41, 5.74) is 7.66. The van der Waals surface area contributed by atoms with Crippen LogP contribution in [0.3, 0.4) is 0 Å². The van der Waals surface area contributed by atoms with Gasteiger partial charge in [-0.1, -0.05) is 30.2 Å². The van der Waals surface area contributed by atoms with E-state index in [1.54, 1.807) is 17.8 Å². The van der Waals surface area contributed by atoms with Crippen LogP contribution in [0.1, 0.15) is 55.7 Å². The number of primary amides is 1. The normalized spacial score (nSPS) is 21.3. The van der Waals surface area contributed by atoms with Crippen LogP contribution in [0.4, 0.5) is 5.82 Å². The van der Waals surface area contributed by atoms with Crippen molar-refractivity contribution in [2.45, 2.75) is 70.0 Å². The number of likely N-dealkylation sites (tertiary alicyclic amines) is 1. The summed E-state index contributed by atoms with van der Waals surface area (Å²) >= 11 is 5.57. The first-order valence-electron chi connectivity index (χ1n) is 13.4. The molecule has 0 spiro atoms. The van der Waals surface area contributed by atoms with Gasteiger partial charge in [0.15, 0.2) is 0 Å². The molecular weight excluding hydrogens is 516 g/mol. The molecule has 2 aromatic heterocycles. The van der Waals surface area contributed by atoms with E-state index in [9.17, 15) is 9.59 Å². The SMILES string of the molecule is CN1C(C=O)CC2CCCC21.CNc1cccc(Cl)n1.Cc1nn(CC=O)c2ccc(C3CC3)cc12.NC=O. The van der Waals surface area contributed by atoms with E-state index in [0.29, 0.717) is 11.7 Å². The Morgan fingerprint density at radius 3 is 2.44 bits per heavy atom. The summed E-state index contributed by atoms with van der Waals surface area (Å²) in [5, 5.41) is 8.96. The van der Waals surface area contributed by atoms with Crippen molar-refractivity contribution in [2.24, 2.45) is 11.7 Å². The lowest BCUT2D eigenvalue weighted by atomic mass is 10.0. The van der Waals surface area contributed by atoms with E-state index in [-0.39, 0.29) is 12.5 Å². The molecule has 3 fully saturated rings. The van der Waals surface area contributed by atoms with Gasteiger partial charge < -0.3 is 20.6 Å². The molecule has 39 heavy (non-hydrogen) atoms. The number of carbonyl (C=O) groups excluding carboxylic acids is 3. The van der Waals surface area contributed by atoms with Crippen LogP contribution >= 0.6 is 11.6 Å². The molecule has 10 heteroatoms. The Hall–Kier alpha value is -3.30. The summed E-state index contributed by atoms with van der Waals surface area (Å²) in [6.07, 6.45) is 10.0. The van der Waals surface area contributed by atoms with Crippen molar-refractivity contribution >= 4 is 47.3 Å². The highest BCUT2D eigenvalue weighted by Gasteiger charge is 2.41. The average Bonchev–Trinajstić information content (AvgIpc) is 3.50. The van der Waals surface area contributed by atoms with E-state index in [0.717, 1.165) is 53.9 Å². The highest BCUT2D eigenvalue weighted by Crippen LogP contribution is 2.41. The number of amides is 1. The van der Waals surface area contributed by atoms with Gasteiger partial charge in [0.05, 0.1) is 23.8 Å². The highest BCUT2D eigenvalue weighted by atomic mass is 35.5. The Kier molecular flexibility index (Phi) is 11.4. The van der Waals surface area contributed by atoms with Crippen LogP contribution in [-0.2, 0) is 20.9 Å². The van der Waals surface area contributed by atoms with E-state index in [1.807, 2.05) is 19.1 Å². The first-order valence-corrected chi connectivity index (χ1v) is 13.8. The van der Waals surface area contributed by atoms with Gasteiger partial charge in [-0.3, -0.25) is 14.4 Å². The maximum absolute atomic E-state index is 10.6. The van der Waals surface area contributed by atoms with E-state index in [4.69, 9.17) is 16.4 Å². The summed E-state index contributed by atoms with van der Waals surface area (Å²) in [5.74, 6) is 2.39. The smallest absolute Gasteiger partial charge is 0.204 e. The van der Waals surface area contributed by atoms with Crippen LogP contribution in [0.2, 0.25) is 5.15 Å². The van der Waals surface area contributed by atoms with Gasteiger partial charge in [0.2, 0.25) is 6.41 Å². The van der Waals surface area contributed by atoms with Gasteiger partial charge in [-0.25, -0.2) is 4.98 Å². The third-order valence-corrected chi connectivity index (χ3v) is 7.80. The lowest BCUT2D eigenvalue weighted by Gasteiger charge is -2.20. The maximum atomic E-state index is 10.6. The molecule has 0 bridgehead atoms. The lowest BCUT2D eigenvalue weighted by molar-refractivity contribution is -0.111. The molecule has 3 aliphatic rings. The number of fused-ring (bicyclic) bond motifs is 2. The first kappa shape index (κ1) is 30.2. The second-order valence-electron chi connectivity index (χ2n) is 10.1. The Balaban J connectivity index is 0.000000161. The maximum Gasteiger partial charge on any atom is 0.204 e. The molecule has 3 N–H and O–H groups in total. The molecule has 1 saturated heterocycles. The standard InChI is InChI=1S/C13H14N2O.C9H15NO.C6H7ClN2.CH3NO/c1-9-12-8-11(10-2-3-10)4-5-13(12)15(14-9)6-7-16;1-10-8(6-11)5-7-3-2-4-9(7)10;1-8-6-4-2-3-5(7)9-6;2-1-3/h4-5,7-8,10H,2-3,6H2,1H3;6-9H,2-5H2,1H3;2-4H,1H3,(H,8,9);1H,(H2,2,3). The second-order valence-corrected chi connectivity index (χ2v) is 10.5. The Morgan fingerprint density at radius 2 is 1.87 bits per heavy atom. The number of aromatic nitrogens is 3.